The molecule has 0 spiro atoms. The Morgan fingerprint density at radius 1 is 0.907 bits per heavy atom. The van der Waals surface area contributed by atoms with Crippen LogP contribution in [0.3, 0.4) is 0 Å². The number of hydrogen-bond acceptors (Lipinski definition) is 10. The molecule has 0 bridgehead atoms. The van der Waals surface area contributed by atoms with Crippen LogP contribution in [0.4, 0.5) is 4.39 Å². The molecule has 4 rings (SSSR count). The smallest absolute Gasteiger partial charge is 0.306 e. The monoisotopic (exact) mass is 652 g/mol. The van der Waals surface area contributed by atoms with Gasteiger partial charge in [0, 0.05) is 51.6 Å². The second-order valence-corrected chi connectivity index (χ2v) is 12.1. The highest BCUT2D eigenvalue weighted by atomic mass is 35.5. The van der Waals surface area contributed by atoms with Gasteiger partial charge in [-0.1, -0.05) is 18.5 Å². The number of halogens is 2. The summed E-state index contributed by atoms with van der Waals surface area (Å²) in [4.78, 5) is 47.3. The lowest BCUT2D eigenvalue weighted by atomic mass is 10.0. The summed E-state index contributed by atoms with van der Waals surface area (Å²) in [5, 5.41) is 29.0. The molecule has 1 atom stereocenters. The fourth-order valence-electron chi connectivity index (χ4n) is 4.12. The van der Waals surface area contributed by atoms with E-state index < -0.39 is 35.2 Å². The van der Waals surface area contributed by atoms with Gasteiger partial charge in [-0.3, -0.25) is 19.2 Å². The zero-order valence-electron chi connectivity index (χ0n) is 22.9. The Labute approximate surface area is 257 Å². The van der Waals surface area contributed by atoms with E-state index in [4.69, 9.17) is 36.0 Å². The lowest BCUT2D eigenvalue weighted by Crippen LogP contribution is -2.13. The predicted molar refractivity (Wildman–Crippen MR) is 159 cm³/mol. The van der Waals surface area contributed by atoms with Crippen molar-refractivity contribution >= 4 is 78.0 Å². The Kier molecular flexibility index (Phi) is 10.1. The molecule has 0 saturated heterocycles. The number of phenolic OH excluding ortho intramolecular Hbond substituents is 1. The van der Waals surface area contributed by atoms with E-state index in [0.717, 1.165) is 11.3 Å². The Morgan fingerprint density at radius 3 is 2.14 bits per heavy atom. The molecule has 0 fully saturated rings. The molecule has 0 amide bonds. The van der Waals surface area contributed by atoms with E-state index in [0.29, 0.717) is 25.4 Å². The second kappa shape index (κ2) is 13.6. The third-order valence-corrected chi connectivity index (χ3v) is 9.03. The van der Waals surface area contributed by atoms with Crippen molar-refractivity contribution in [3.63, 3.8) is 0 Å². The van der Waals surface area contributed by atoms with Gasteiger partial charge in [0.1, 0.15) is 0 Å². The van der Waals surface area contributed by atoms with Crippen LogP contribution in [0.25, 0.3) is 20.2 Å². The molecule has 4 aromatic rings. The molecule has 0 aliphatic heterocycles. The molecule has 0 saturated carbocycles. The standard InChI is InChI=1S/C29H26ClFO10S2/c1-13(29(37)38)8-17(33)23-9-14-21(43-23)12-19(39-2)28(25(14)30)41-7-3-6-40-27-18(34)11-20-15(26(27)31)10-22(42-20)16(32)4-5-24(35)36/h9-13,34H,3-8H2,1-2H3,(H,35,36)(H,37,38). The first kappa shape index (κ1) is 32.0. The molecule has 43 heavy (non-hydrogen) atoms. The zero-order chi connectivity index (χ0) is 31.4. The van der Waals surface area contributed by atoms with Gasteiger partial charge in [0.25, 0.3) is 0 Å². The molecule has 2 aromatic heterocycles. The molecule has 228 valence electrons. The summed E-state index contributed by atoms with van der Waals surface area (Å²) >= 11 is 8.71. The average molecular weight is 653 g/mol. The Balaban J connectivity index is 1.42. The van der Waals surface area contributed by atoms with Crippen LogP contribution in [0, 0.1) is 11.7 Å². The van der Waals surface area contributed by atoms with Crippen molar-refractivity contribution in [2.45, 2.75) is 32.6 Å². The largest absolute Gasteiger partial charge is 0.504 e. The fourth-order valence-corrected chi connectivity index (χ4v) is 6.59. The third-order valence-electron chi connectivity index (χ3n) is 6.41. The number of carbonyl (C=O) groups excluding carboxylic acids is 2. The van der Waals surface area contributed by atoms with E-state index >= 15 is 4.39 Å². The number of benzene rings is 2. The molecule has 14 heteroatoms. The van der Waals surface area contributed by atoms with Crippen LogP contribution in [-0.2, 0) is 9.59 Å². The summed E-state index contributed by atoms with van der Waals surface area (Å²) in [6.07, 6.45) is -0.470. The number of phenols is 1. The van der Waals surface area contributed by atoms with Crippen LogP contribution in [0.2, 0.25) is 5.02 Å². The normalized spacial score (nSPS) is 11.9. The molecule has 2 heterocycles. The first-order valence-corrected chi connectivity index (χ1v) is 14.9. The van der Waals surface area contributed by atoms with Crippen LogP contribution in [0.15, 0.2) is 24.3 Å². The quantitative estimate of drug-likeness (QED) is 0.0920. The van der Waals surface area contributed by atoms with Crippen molar-refractivity contribution in [3.8, 4) is 23.0 Å². The van der Waals surface area contributed by atoms with Gasteiger partial charge in [0.2, 0.25) is 0 Å². The SMILES string of the molecule is COc1cc2sc(C(=O)CC(C)C(=O)O)cc2c(Cl)c1OCCCOc1c(O)cc2sc(C(=O)CCC(=O)O)cc2c1F. The highest BCUT2D eigenvalue weighted by Crippen LogP contribution is 2.45. The number of hydrogen-bond donors (Lipinski definition) is 3. The van der Waals surface area contributed by atoms with Gasteiger partial charge < -0.3 is 29.5 Å². The lowest BCUT2D eigenvalue weighted by Gasteiger charge is -2.14. The number of ketones is 2. The number of methoxy groups -OCH3 is 1. The fraction of sp³-hybridized carbons (Fsp3) is 0.310. The Morgan fingerprint density at radius 2 is 1.51 bits per heavy atom. The predicted octanol–water partition coefficient (Wildman–Crippen LogP) is 6.81. The second-order valence-electron chi connectivity index (χ2n) is 9.54. The molecule has 1 unspecified atom stereocenters. The number of aliphatic carboxylic acids is 2. The lowest BCUT2D eigenvalue weighted by molar-refractivity contribution is -0.141. The molecule has 2 aromatic carbocycles. The van der Waals surface area contributed by atoms with Crippen molar-refractivity contribution in [1.29, 1.82) is 0 Å². The van der Waals surface area contributed by atoms with E-state index in [1.165, 1.54) is 37.5 Å². The average Bonchev–Trinajstić information content (AvgIpc) is 3.59. The highest BCUT2D eigenvalue weighted by Gasteiger charge is 2.23. The number of thiophene rings is 2. The topological polar surface area (TPSA) is 157 Å². The summed E-state index contributed by atoms with van der Waals surface area (Å²) in [6, 6.07) is 5.85. The van der Waals surface area contributed by atoms with Crippen molar-refractivity contribution in [2.75, 3.05) is 20.3 Å². The molecule has 10 nitrogen and oxygen atoms in total. The Bertz CT molecular complexity index is 1730. The van der Waals surface area contributed by atoms with E-state index in [-0.39, 0.29) is 71.5 Å². The van der Waals surface area contributed by atoms with Crippen LogP contribution in [0.1, 0.15) is 52.0 Å². The number of rotatable bonds is 15. The summed E-state index contributed by atoms with van der Waals surface area (Å²) in [5.41, 5.74) is 0. The summed E-state index contributed by atoms with van der Waals surface area (Å²) < 4.78 is 32.9. The minimum absolute atomic E-state index is 0.0500. The maximum absolute atomic E-state index is 15.2. The van der Waals surface area contributed by atoms with Crippen LogP contribution in [0.5, 0.6) is 23.0 Å². The molecule has 0 radical (unpaired) electrons. The van der Waals surface area contributed by atoms with Gasteiger partial charge in [-0.25, -0.2) is 4.39 Å². The highest BCUT2D eigenvalue weighted by molar-refractivity contribution is 7.21. The summed E-state index contributed by atoms with van der Waals surface area (Å²) in [5.74, 6) is -4.91. The molecule has 0 aliphatic rings. The van der Waals surface area contributed by atoms with Crippen LogP contribution in [-0.4, -0.2) is 59.1 Å². The van der Waals surface area contributed by atoms with Crippen molar-refractivity contribution in [2.24, 2.45) is 5.92 Å². The number of carboxylic acid groups (broad SMARTS) is 2. The summed E-state index contributed by atoms with van der Waals surface area (Å²) in [6.45, 7) is 1.48. The third kappa shape index (κ3) is 7.17. The Hall–Kier alpha value is -3.94. The molecule has 0 aliphatic carbocycles. The minimum atomic E-state index is -1.11. The first-order chi connectivity index (χ1) is 20.4. The number of carboxylic acids is 2. The van der Waals surface area contributed by atoms with Gasteiger partial charge in [0.15, 0.2) is 40.4 Å². The van der Waals surface area contributed by atoms with E-state index in [1.54, 1.807) is 12.1 Å². The number of aromatic hydroxyl groups is 1. The van der Waals surface area contributed by atoms with Crippen LogP contribution < -0.4 is 14.2 Å². The van der Waals surface area contributed by atoms with E-state index in [2.05, 4.69) is 0 Å². The van der Waals surface area contributed by atoms with E-state index in [1.807, 2.05) is 0 Å². The van der Waals surface area contributed by atoms with E-state index in [9.17, 15) is 24.3 Å². The van der Waals surface area contributed by atoms with Crippen molar-refractivity contribution < 1.29 is 53.1 Å². The number of carbonyl (C=O) groups is 4. The molecular weight excluding hydrogens is 627 g/mol. The van der Waals surface area contributed by atoms with Gasteiger partial charge in [-0.05, 0) is 12.1 Å². The van der Waals surface area contributed by atoms with Crippen LogP contribution >= 0.6 is 34.3 Å². The number of ether oxygens (including phenoxy) is 3. The maximum atomic E-state index is 15.2. The zero-order valence-corrected chi connectivity index (χ0v) is 25.3. The molecule has 3 N–H and O–H groups in total. The van der Waals surface area contributed by atoms with Crippen molar-refractivity contribution in [1.82, 2.24) is 0 Å². The minimum Gasteiger partial charge on any atom is -0.504 e. The van der Waals surface area contributed by atoms with Gasteiger partial charge in [0.05, 0.1) is 47.4 Å². The summed E-state index contributed by atoms with van der Waals surface area (Å²) in [7, 11) is 1.43. The van der Waals surface area contributed by atoms with Crippen molar-refractivity contribution in [3.05, 3.63) is 44.9 Å². The number of Topliss-reactive ketones (excluding diaryl/α,β-unsaturated/α-hetero) is 2. The van der Waals surface area contributed by atoms with Gasteiger partial charge in [-0.15, -0.1) is 22.7 Å². The molecular formula is C29H26ClFO10S2. The van der Waals surface area contributed by atoms with Gasteiger partial charge >= 0.3 is 11.9 Å². The first-order valence-electron chi connectivity index (χ1n) is 12.9. The number of fused-ring (bicyclic) bond motifs is 2. The maximum Gasteiger partial charge on any atom is 0.306 e. The van der Waals surface area contributed by atoms with Gasteiger partial charge in [-0.2, -0.15) is 0 Å².